The van der Waals surface area contributed by atoms with Gasteiger partial charge in [0.15, 0.2) is 0 Å². The third-order valence-corrected chi connectivity index (χ3v) is 5.76. The van der Waals surface area contributed by atoms with Crippen molar-refractivity contribution in [2.45, 2.75) is 18.9 Å². The van der Waals surface area contributed by atoms with E-state index >= 15 is 0 Å². The first-order valence-corrected chi connectivity index (χ1v) is 10.5. The molecule has 1 fully saturated rings. The van der Waals surface area contributed by atoms with Crippen LogP contribution in [-0.2, 0) is 13.6 Å². The van der Waals surface area contributed by atoms with Crippen molar-refractivity contribution in [2.24, 2.45) is 13.0 Å². The van der Waals surface area contributed by atoms with Crippen LogP contribution in [0.5, 0.6) is 11.6 Å². The third-order valence-electron chi connectivity index (χ3n) is 5.76. The minimum absolute atomic E-state index is 0.208. The van der Waals surface area contributed by atoms with Gasteiger partial charge in [0.25, 0.3) is 5.56 Å². The predicted molar refractivity (Wildman–Crippen MR) is 119 cm³/mol. The Morgan fingerprint density at radius 3 is 2.94 bits per heavy atom. The quantitative estimate of drug-likeness (QED) is 0.457. The Kier molecular flexibility index (Phi) is 5.22. The van der Waals surface area contributed by atoms with Gasteiger partial charge < -0.3 is 14.8 Å². The van der Waals surface area contributed by atoms with Gasteiger partial charge in [-0.3, -0.25) is 9.78 Å². The number of anilines is 1. The largest absolute Gasteiger partial charge is 0.495 e. The lowest BCUT2D eigenvalue weighted by Crippen LogP contribution is -2.24. The molecule has 4 aromatic heterocycles. The number of hydrogen-bond acceptors (Lipinski definition) is 7. The lowest BCUT2D eigenvalue weighted by Gasteiger charge is -2.10. The fraction of sp³-hybridized carbons (Fsp3) is 0.304. The zero-order valence-corrected chi connectivity index (χ0v) is 17.9. The smallest absolute Gasteiger partial charge is 0.290 e. The average Bonchev–Trinajstić information content (AvgIpc) is 3.49. The minimum atomic E-state index is -0.208. The van der Waals surface area contributed by atoms with E-state index in [0.717, 1.165) is 28.9 Å². The summed E-state index contributed by atoms with van der Waals surface area (Å²) in [5.74, 6) is 1.93. The molecule has 1 N–H and O–H groups in total. The molecule has 2 unspecified atom stereocenters. The van der Waals surface area contributed by atoms with Crippen molar-refractivity contribution >= 4 is 11.2 Å². The number of hydrogen-bond donors (Lipinski definition) is 1. The van der Waals surface area contributed by atoms with Crippen LogP contribution in [-0.4, -0.2) is 38.1 Å². The van der Waals surface area contributed by atoms with Crippen molar-refractivity contribution < 1.29 is 9.47 Å². The molecule has 0 radical (unpaired) electrons. The molecule has 5 rings (SSSR count). The highest BCUT2D eigenvalue weighted by molar-refractivity contribution is 5.55. The molecule has 9 heteroatoms. The molecular weight excluding hydrogens is 408 g/mol. The van der Waals surface area contributed by atoms with Crippen LogP contribution in [0.3, 0.4) is 0 Å². The van der Waals surface area contributed by atoms with Gasteiger partial charge >= 0.3 is 0 Å². The van der Waals surface area contributed by atoms with E-state index in [1.54, 1.807) is 37.1 Å². The number of fused-ring (bicyclic) bond motifs is 1. The number of nitrogens with one attached hydrogen (secondary N) is 1. The van der Waals surface area contributed by atoms with E-state index in [1.807, 2.05) is 36.5 Å². The summed E-state index contributed by atoms with van der Waals surface area (Å²) in [6.45, 7) is 0.997. The maximum Gasteiger partial charge on any atom is 0.290 e. The van der Waals surface area contributed by atoms with Crippen molar-refractivity contribution in [3.63, 3.8) is 0 Å². The Hall–Kier alpha value is -3.88. The summed E-state index contributed by atoms with van der Waals surface area (Å²) in [6.07, 6.45) is 6.45. The molecule has 9 nitrogen and oxygen atoms in total. The fourth-order valence-electron chi connectivity index (χ4n) is 3.81. The Morgan fingerprint density at radius 1 is 1.22 bits per heavy atom. The van der Waals surface area contributed by atoms with Crippen molar-refractivity contribution in [2.75, 3.05) is 19.0 Å². The molecule has 164 valence electrons. The molecule has 4 aromatic rings. The Morgan fingerprint density at radius 2 is 2.12 bits per heavy atom. The Balaban J connectivity index is 1.23. The standard InChI is InChI=1S/C23H24N6O3/c1-28-23(30)20(24-11-16-12-26-29-8-4-3-5-21(16)29)10-22(27-28)32-14-15-9-18(15)19-7-6-17(31-2)13-25-19/h3-8,10,12-13,15,18,24H,9,11,14H2,1-2H3. The molecular formula is C23H24N6O3. The highest BCUT2D eigenvalue weighted by Crippen LogP contribution is 2.46. The molecule has 4 heterocycles. The van der Waals surface area contributed by atoms with Gasteiger partial charge in [0.1, 0.15) is 11.4 Å². The van der Waals surface area contributed by atoms with E-state index in [-0.39, 0.29) is 5.56 Å². The monoisotopic (exact) mass is 432 g/mol. The van der Waals surface area contributed by atoms with Crippen LogP contribution < -0.4 is 20.3 Å². The van der Waals surface area contributed by atoms with Crippen LogP contribution in [0, 0.1) is 5.92 Å². The predicted octanol–water partition coefficient (Wildman–Crippen LogP) is 2.63. The number of aryl methyl sites for hydroxylation is 1. The lowest BCUT2D eigenvalue weighted by molar-refractivity contribution is 0.278. The molecule has 1 saturated carbocycles. The topological polar surface area (TPSA) is 95.6 Å². The summed E-state index contributed by atoms with van der Waals surface area (Å²) in [5, 5.41) is 11.8. The van der Waals surface area contributed by atoms with Crippen LogP contribution >= 0.6 is 0 Å². The molecule has 0 bridgehead atoms. The Bertz CT molecular complexity index is 1300. The van der Waals surface area contributed by atoms with Gasteiger partial charge in [0, 0.05) is 48.9 Å². The number of ether oxygens (including phenoxy) is 2. The van der Waals surface area contributed by atoms with E-state index < -0.39 is 0 Å². The van der Waals surface area contributed by atoms with E-state index in [4.69, 9.17) is 9.47 Å². The van der Waals surface area contributed by atoms with Gasteiger partial charge in [-0.15, -0.1) is 5.10 Å². The third kappa shape index (κ3) is 4.01. The van der Waals surface area contributed by atoms with Crippen LogP contribution in [0.25, 0.3) is 5.52 Å². The second kappa shape index (κ2) is 8.33. The number of rotatable bonds is 8. The second-order valence-corrected chi connectivity index (χ2v) is 7.91. The molecule has 0 aliphatic heterocycles. The van der Waals surface area contributed by atoms with Crippen LogP contribution in [0.4, 0.5) is 5.69 Å². The summed E-state index contributed by atoms with van der Waals surface area (Å²) >= 11 is 0. The van der Waals surface area contributed by atoms with E-state index in [1.165, 1.54) is 4.68 Å². The normalized spacial score (nSPS) is 17.3. The summed E-state index contributed by atoms with van der Waals surface area (Å²) in [6, 6.07) is 11.5. The van der Waals surface area contributed by atoms with Gasteiger partial charge in [-0.2, -0.15) is 5.10 Å². The van der Waals surface area contributed by atoms with Crippen molar-refractivity contribution in [3.05, 3.63) is 76.6 Å². The van der Waals surface area contributed by atoms with Gasteiger partial charge in [-0.1, -0.05) is 6.07 Å². The average molecular weight is 432 g/mol. The Labute approximate surface area is 184 Å². The van der Waals surface area contributed by atoms with Crippen molar-refractivity contribution in [3.8, 4) is 11.6 Å². The van der Waals surface area contributed by atoms with Gasteiger partial charge in [0.05, 0.1) is 31.6 Å². The maximum atomic E-state index is 12.5. The SMILES string of the molecule is COc1ccc(C2CC2COc2cc(NCc3cnn4ccccc34)c(=O)n(C)n2)nc1. The molecule has 1 aliphatic carbocycles. The maximum absolute atomic E-state index is 12.5. The number of pyridine rings is 2. The zero-order valence-electron chi connectivity index (χ0n) is 17.9. The molecule has 2 atom stereocenters. The van der Waals surface area contributed by atoms with Gasteiger partial charge in [-0.05, 0) is 30.7 Å². The molecule has 0 aromatic carbocycles. The lowest BCUT2D eigenvalue weighted by atomic mass is 10.2. The highest BCUT2D eigenvalue weighted by atomic mass is 16.5. The highest BCUT2D eigenvalue weighted by Gasteiger charge is 2.40. The summed E-state index contributed by atoms with van der Waals surface area (Å²) in [5.41, 5.74) is 3.27. The second-order valence-electron chi connectivity index (χ2n) is 7.91. The molecule has 32 heavy (non-hydrogen) atoms. The van der Waals surface area contributed by atoms with E-state index in [9.17, 15) is 4.79 Å². The first-order chi connectivity index (χ1) is 15.6. The molecule has 0 saturated heterocycles. The van der Waals surface area contributed by atoms with Crippen LogP contribution in [0.1, 0.15) is 23.6 Å². The zero-order chi connectivity index (χ0) is 22.1. The van der Waals surface area contributed by atoms with Crippen molar-refractivity contribution in [1.29, 1.82) is 0 Å². The molecule has 0 spiro atoms. The molecule has 0 amide bonds. The summed E-state index contributed by atoms with van der Waals surface area (Å²) < 4.78 is 14.2. The summed E-state index contributed by atoms with van der Waals surface area (Å²) in [4.78, 5) is 17.0. The van der Waals surface area contributed by atoms with Gasteiger partial charge in [-0.25, -0.2) is 9.20 Å². The van der Waals surface area contributed by atoms with E-state index in [2.05, 4.69) is 20.5 Å². The number of nitrogens with zero attached hydrogens (tertiary/aromatic N) is 5. The van der Waals surface area contributed by atoms with E-state index in [0.29, 0.717) is 36.6 Å². The van der Waals surface area contributed by atoms with Crippen LogP contribution in [0.15, 0.2) is 59.8 Å². The van der Waals surface area contributed by atoms with Crippen LogP contribution in [0.2, 0.25) is 0 Å². The first kappa shape index (κ1) is 20.0. The first-order valence-electron chi connectivity index (χ1n) is 10.5. The number of aromatic nitrogens is 5. The fourth-order valence-corrected chi connectivity index (χ4v) is 3.81. The minimum Gasteiger partial charge on any atom is -0.495 e. The van der Waals surface area contributed by atoms with Crippen molar-refractivity contribution in [1.82, 2.24) is 24.4 Å². The molecule has 1 aliphatic rings. The summed E-state index contributed by atoms with van der Waals surface area (Å²) in [7, 11) is 3.25. The van der Waals surface area contributed by atoms with Gasteiger partial charge in [0.2, 0.25) is 5.88 Å². The number of methoxy groups -OCH3 is 1.